The first kappa shape index (κ1) is 30.0. The summed E-state index contributed by atoms with van der Waals surface area (Å²) in [5.74, 6) is 2.35. The number of methoxy groups -OCH3 is 2. The quantitative estimate of drug-likeness (QED) is 0.184. The first-order valence-electron chi connectivity index (χ1n) is 15.8. The molecule has 0 spiro atoms. The third-order valence-electron chi connectivity index (χ3n) is 9.21. The summed E-state index contributed by atoms with van der Waals surface area (Å²) in [5, 5.41) is 11.8. The van der Waals surface area contributed by atoms with Crippen LogP contribution in [0.1, 0.15) is 23.6 Å². The van der Waals surface area contributed by atoms with Crippen molar-refractivity contribution in [2.24, 2.45) is 0 Å². The highest BCUT2D eigenvalue weighted by molar-refractivity contribution is 6.05. The summed E-state index contributed by atoms with van der Waals surface area (Å²) in [6.45, 7) is 3.07. The molecule has 6 aromatic carbocycles. The number of hydrogen-bond acceptors (Lipinski definition) is 5. The largest absolute Gasteiger partial charge is 0.508 e. The van der Waals surface area contributed by atoms with Crippen LogP contribution >= 0.6 is 0 Å². The lowest BCUT2D eigenvalue weighted by Crippen LogP contribution is -2.34. The number of phenols is 1. The molecule has 7 rings (SSSR count). The van der Waals surface area contributed by atoms with Crippen molar-refractivity contribution in [1.82, 2.24) is 0 Å². The number of fused-ring (bicyclic) bond motifs is 3. The maximum Gasteiger partial charge on any atom is 0.178 e. The topological polar surface area (TPSA) is 51.2 Å². The molecule has 1 aliphatic heterocycles. The molecule has 0 fully saturated rings. The molecule has 0 saturated heterocycles. The second-order valence-corrected chi connectivity index (χ2v) is 11.8. The van der Waals surface area contributed by atoms with Gasteiger partial charge in [0.15, 0.2) is 17.1 Å². The molecule has 5 nitrogen and oxygen atoms in total. The minimum Gasteiger partial charge on any atom is -0.508 e. The molecule has 1 N–H and O–H groups in total. The van der Waals surface area contributed by atoms with Gasteiger partial charge in [0.25, 0.3) is 0 Å². The summed E-state index contributed by atoms with van der Waals surface area (Å²) in [7, 11) is 5.42. The van der Waals surface area contributed by atoms with Crippen LogP contribution in [-0.2, 0) is 5.60 Å². The van der Waals surface area contributed by atoms with Crippen LogP contribution in [0.2, 0.25) is 0 Å². The summed E-state index contributed by atoms with van der Waals surface area (Å²) < 4.78 is 18.7. The van der Waals surface area contributed by atoms with Gasteiger partial charge in [-0.15, -0.1) is 0 Å². The second-order valence-electron chi connectivity index (χ2n) is 11.8. The van der Waals surface area contributed by atoms with Gasteiger partial charge in [0.05, 0.1) is 14.2 Å². The molecule has 0 bridgehead atoms. The van der Waals surface area contributed by atoms with Crippen molar-refractivity contribution in [3.8, 4) is 45.3 Å². The number of nitrogens with zero attached hydrogens (tertiary/aromatic N) is 1. The van der Waals surface area contributed by atoms with E-state index in [1.165, 1.54) is 0 Å². The first-order chi connectivity index (χ1) is 22.9. The van der Waals surface area contributed by atoms with Gasteiger partial charge in [-0.05, 0) is 94.6 Å². The molecule has 234 valence electrons. The maximum absolute atomic E-state index is 9.76. The normalized spacial score (nSPS) is 15.1. The van der Waals surface area contributed by atoms with E-state index < -0.39 is 5.60 Å². The van der Waals surface area contributed by atoms with Gasteiger partial charge in [0, 0.05) is 36.0 Å². The Bertz CT molecular complexity index is 2070. The molecule has 6 aromatic rings. The van der Waals surface area contributed by atoms with Gasteiger partial charge in [0.1, 0.15) is 11.5 Å². The van der Waals surface area contributed by atoms with Crippen molar-refractivity contribution in [3.63, 3.8) is 0 Å². The number of hydrogen-bond donors (Lipinski definition) is 1. The van der Waals surface area contributed by atoms with E-state index in [1.54, 1.807) is 26.4 Å². The Labute approximate surface area is 275 Å². The Morgan fingerprint density at radius 2 is 1.26 bits per heavy atom. The highest BCUT2D eigenvalue weighted by atomic mass is 16.5. The molecule has 0 radical (unpaired) electrons. The van der Waals surface area contributed by atoms with Crippen molar-refractivity contribution in [2.45, 2.75) is 12.5 Å². The monoisotopic (exact) mass is 619 g/mol. The Balaban J connectivity index is 1.42. The second kappa shape index (κ2) is 12.3. The van der Waals surface area contributed by atoms with Crippen LogP contribution in [-0.4, -0.2) is 32.9 Å². The zero-order chi connectivity index (χ0) is 32.5. The van der Waals surface area contributed by atoms with Crippen LogP contribution < -0.4 is 19.1 Å². The molecule has 0 aliphatic carbocycles. The summed E-state index contributed by atoms with van der Waals surface area (Å²) >= 11 is 0. The molecule has 0 aromatic heterocycles. The number of rotatable bonds is 8. The van der Waals surface area contributed by atoms with Crippen molar-refractivity contribution in [1.29, 1.82) is 0 Å². The SMILES string of the molecule is CCN(C)c1ccc(C2(c3ccccc3)C=Cc3c(cc(-c4ccc(-c5ccc(O)cc5)cc4)c4cc(OC)c(OC)cc34)O2)cc1. The predicted octanol–water partition coefficient (Wildman–Crippen LogP) is 9.70. The molecule has 5 heteroatoms. The molecule has 0 saturated carbocycles. The van der Waals surface area contributed by atoms with Crippen LogP contribution in [0.15, 0.2) is 127 Å². The van der Waals surface area contributed by atoms with E-state index in [4.69, 9.17) is 14.2 Å². The minimum atomic E-state index is -0.832. The van der Waals surface area contributed by atoms with Gasteiger partial charge in [-0.2, -0.15) is 0 Å². The van der Waals surface area contributed by atoms with E-state index in [1.807, 2.05) is 30.3 Å². The minimum absolute atomic E-state index is 0.250. The molecule has 1 atom stereocenters. The van der Waals surface area contributed by atoms with Crippen molar-refractivity contribution in [2.75, 3.05) is 32.7 Å². The lowest BCUT2D eigenvalue weighted by Gasteiger charge is -2.37. The van der Waals surface area contributed by atoms with Gasteiger partial charge in [-0.3, -0.25) is 0 Å². The highest BCUT2D eigenvalue weighted by Crippen LogP contribution is 2.49. The average molecular weight is 620 g/mol. The first-order valence-corrected chi connectivity index (χ1v) is 15.8. The van der Waals surface area contributed by atoms with E-state index in [9.17, 15) is 5.11 Å². The molecule has 0 amide bonds. The van der Waals surface area contributed by atoms with Gasteiger partial charge in [0.2, 0.25) is 0 Å². The van der Waals surface area contributed by atoms with Gasteiger partial charge in [-0.1, -0.05) is 78.9 Å². The number of anilines is 1. The average Bonchev–Trinajstić information content (AvgIpc) is 3.14. The Kier molecular flexibility index (Phi) is 7.82. The Morgan fingerprint density at radius 3 is 1.87 bits per heavy atom. The number of ether oxygens (including phenoxy) is 3. The third kappa shape index (κ3) is 5.34. The smallest absolute Gasteiger partial charge is 0.178 e. The van der Waals surface area contributed by atoms with E-state index >= 15 is 0 Å². The van der Waals surface area contributed by atoms with Crippen LogP contribution in [0.3, 0.4) is 0 Å². The number of phenolic OH excluding ortho intramolecular Hbond substituents is 1. The van der Waals surface area contributed by atoms with Crippen LogP contribution in [0.4, 0.5) is 5.69 Å². The van der Waals surface area contributed by atoms with Gasteiger partial charge < -0.3 is 24.2 Å². The standard InChI is InChI=1S/C42H37NO4/c1-5-43(2)33-19-17-32(18-20-33)42(31-9-7-6-8-10-31)24-23-35-37-26-40(45-3)41(46-4)27-38(37)36(25-39(35)47-42)30-13-11-28(12-14-30)29-15-21-34(44)22-16-29/h6-27,44H,5H2,1-4H3. The van der Waals surface area contributed by atoms with Crippen molar-refractivity contribution in [3.05, 3.63) is 144 Å². The highest BCUT2D eigenvalue weighted by Gasteiger charge is 2.38. The Morgan fingerprint density at radius 1 is 0.681 bits per heavy atom. The number of benzene rings is 6. The molecule has 1 unspecified atom stereocenters. The predicted molar refractivity (Wildman–Crippen MR) is 192 cm³/mol. The van der Waals surface area contributed by atoms with E-state index in [-0.39, 0.29) is 5.75 Å². The van der Waals surface area contributed by atoms with Gasteiger partial charge in [-0.25, -0.2) is 0 Å². The maximum atomic E-state index is 9.76. The van der Waals surface area contributed by atoms with E-state index in [2.05, 4.69) is 110 Å². The summed E-state index contributed by atoms with van der Waals surface area (Å²) in [5.41, 5.74) is 7.57. The van der Waals surface area contributed by atoms with Crippen LogP contribution in [0, 0.1) is 0 Å². The molecule has 1 aliphatic rings. The van der Waals surface area contributed by atoms with Crippen molar-refractivity contribution >= 4 is 22.5 Å². The Hall–Kier alpha value is -5.68. The lowest BCUT2D eigenvalue weighted by atomic mass is 9.82. The summed E-state index contributed by atoms with van der Waals surface area (Å²) in [4.78, 5) is 2.22. The summed E-state index contributed by atoms with van der Waals surface area (Å²) in [6, 6.07) is 41.0. The van der Waals surface area contributed by atoms with Gasteiger partial charge >= 0.3 is 0 Å². The fourth-order valence-electron chi connectivity index (χ4n) is 6.45. The van der Waals surface area contributed by atoms with Crippen molar-refractivity contribution < 1.29 is 19.3 Å². The fourth-order valence-corrected chi connectivity index (χ4v) is 6.45. The molecular formula is C42H37NO4. The fraction of sp³-hybridized carbons (Fsp3) is 0.143. The van der Waals surface area contributed by atoms with Crippen LogP contribution in [0.25, 0.3) is 39.1 Å². The third-order valence-corrected chi connectivity index (χ3v) is 9.21. The zero-order valence-electron chi connectivity index (χ0n) is 27.0. The van der Waals surface area contributed by atoms with E-state index in [0.717, 1.165) is 67.7 Å². The van der Waals surface area contributed by atoms with E-state index in [0.29, 0.717) is 11.5 Å². The zero-order valence-corrected chi connectivity index (χ0v) is 27.0. The molecule has 47 heavy (non-hydrogen) atoms. The molecule has 1 heterocycles. The van der Waals surface area contributed by atoms with Crippen LogP contribution in [0.5, 0.6) is 23.0 Å². The lowest BCUT2D eigenvalue weighted by molar-refractivity contribution is 0.161. The summed E-state index contributed by atoms with van der Waals surface area (Å²) in [6.07, 6.45) is 4.36. The number of aromatic hydroxyl groups is 1. The molecular weight excluding hydrogens is 582 g/mol.